The number of rotatable bonds is 5. The number of halogens is 1. The van der Waals surface area contributed by atoms with Crippen LogP contribution >= 0.6 is 11.6 Å². The van der Waals surface area contributed by atoms with Crippen LogP contribution in [0.15, 0.2) is 42.5 Å². The fourth-order valence-corrected chi connectivity index (χ4v) is 4.33. The molecular weight excluding hydrogens is 422 g/mol. The third-order valence-corrected chi connectivity index (χ3v) is 6.61. The Hall–Kier alpha value is -2.83. The largest absolute Gasteiger partial charge is 0.367 e. The molecule has 0 atom stereocenters. The maximum absolute atomic E-state index is 13.0. The van der Waals surface area contributed by atoms with Crippen LogP contribution < -0.4 is 10.2 Å². The van der Waals surface area contributed by atoms with E-state index in [1.54, 1.807) is 0 Å². The molecule has 0 saturated carbocycles. The number of aryl methyl sites for hydroxylation is 2. The summed E-state index contributed by atoms with van der Waals surface area (Å²) in [5, 5.41) is 8.51. The summed E-state index contributed by atoms with van der Waals surface area (Å²) in [6.45, 7) is 9.85. The van der Waals surface area contributed by atoms with Gasteiger partial charge in [0.05, 0.1) is 29.2 Å². The summed E-state index contributed by atoms with van der Waals surface area (Å²) in [4.78, 5) is 17.7. The van der Waals surface area contributed by atoms with Crippen LogP contribution in [0.2, 0.25) is 5.02 Å². The highest BCUT2D eigenvalue weighted by Crippen LogP contribution is 2.27. The average molecular weight is 452 g/mol. The second-order valence-corrected chi connectivity index (χ2v) is 8.93. The lowest BCUT2D eigenvalue weighted by atomic mass is 10.1. The first-order valence-electron chi connectivity index (χ1n) is 11.0. The topological polar surface area (TPSA) is 53.4 Å². The second kappa shape index (κ2) is 9.35. The van der Waals surface area contributed by atoms with Crippen LogP contribution in [0.3, 0.4) is 0 Å². The number of nitrogens with zero attached hydrogens (tertiary/aromatic N) is 4. The zero-order chi connectivity index (χ0) is 22.8. The van der Waals surface area contributed by atoms with Crippen molar-refractivity contribution in [1.29, 1.82) is 0 Å². The van der Waals surface area contributed by atoms with Crippen molar-refractivity contribution >= 4 is 28.9 Å². The Balaban J connectivity index is 1.52. The highest BCUT2D eigenvalue weighted by molar-refractivity contribution is 6.31. The van der Waals surface area contributed by atoms with Crippen LogP contribution in [0.4, 0.5) is 11.4 Å². The fraction of sp³-hybridized carbons (Fsp3) is 0.360. The average Bonchev–Trinajstić information content (AvgIpc) is 3.05. The van der Waals surface area contributed by atoms with E-state index in [1.165, 1.54) is 0 Å². The number of nitrogens with one attached hydrogen (secondary N) is 1. The summed E-state index contributed by atoms with van der Waals surface area (Å²) >= 11 is 6.31. The summed E-state index contributed by atoms with van der Waals surface area (Å²) in [5.41, 5.74) is 6.59. The van der Waals surface area contributed by atoms with Gasteiger partial charge in [0.2, 0.25) is 5.91 Å². The molecule has 0 spiro atoms. The lowest BCUT2D eigenvalue weighted by molar-refractivity contribution is -0.115. The van der Waals surface area contributed by atoms with Gasteiger partial charge in [0.15, 0.2) is 0 Å². The van der Waals surface area contributed by atoms with Crippen molar-refractivity contribution < 1.29 is 4.79 Å². The molecule has 1 aliphatic heterocycles. The molecule has 1 saturated heterocycles. The van der Waals surface area contributed by atoms with Crippen LogP contribution in [0.5, 0.6) is 0 Å². The van der Waals surface area contributed by atoms with Gasteiger partial charge in [-0.3, -0.25) is 4.79 Å². The predicted octanol–water partition coefficient (Wildman–Crippen LogP) is 4.38. The number of hydrogen-bond acceptors (Lipinski definition) is 4. The number of carbonyl (C=O) groups is 1. The summed E-state index contributed by atoms with van der Waals surface area (Å²) in [6, 6.07) is 13.9. The number of carbonyl (C=O) groups excluding carboxylic acids is 1. The Morgan fingerprint density at radius 1 is 1.06 bits per heavy atom. The maximum Gasteiger partial charge on any atom is 0.228 e. The zero-order valence-electron chi connectivity index (χ0n) is 19.2. The summed E-state index contributed by atoms with van der Waals surface area (Å²) in [6.07, 6.45) is 0.272. The molecule has 4 rings (SSSR count). The number of piperazine rings is 1. The van der Waals surface area contributed by atoms with Gasteiger partial charge < -0.3 is 15.1 Å². The number of aromatic nitrogens is 2. The van der Waals surface area contributed by atoms with Crippen LogP contribution in [0.25, 0.3) is 5.69 Å². The van der Waals surface area contributed by atoms with Gasteiger partial charge in [-0.25, -0.2) is 4.68 Å². The lowest BCUT2D eigenvalue weighted by Crippen LogP contribution is -2.44. The van der Waals surface area contributed by atoms with E-state index in [9.17, 15) is 4.79 Å². The standard InChI is InChI=1S/C25H30ClN5O/c1-17-9-10-20(15-22(17)26)31-19(3)21(18(2)28-31)16-25(32)27-23-7-5-6-8-24(23)30-13-11-29(4)12-14-30/h5-10,15H,11-14,16H2,1-4H3,(H,27,32). The molecule has 2 heterocycles. The minimum Gasteiger partial charge on any atom is -0.367 e. The first-order valence-corrected chi connectivity index (χ1v) is 11.4. The third-order valence-electron chi connectivity index (χ3n) is 6.20. The number of amides is 1. The van der Waals surface area contributed by atoms with Crippen LogP contribution in [0.1, 0.15) is 22.5 Å². The molecule has 1 amide bonds. The minimum atomic E-state index is -0.0423. The third kappa shape index (κ3) is 4.66. The maximum atomic E-state index is 13.0. The van der Waals surface area contributed by atoms with E-state index in [0.717, 1.165) is 65.8 Å². The molecule has 1 aromatic heterocycles. The van der Waals surface area contributed by atoms with Gasteiger partial charge in [0.25, 0.3) is 0 Å². The number of para-hydroxylation sites is 2. The van der Waals surface area contributed by atoms with E-state index in [4.69, 9.17) is 11.6 Å². The van der Waals surface area contributed by atoms with Crippen molar-refractivity contribution in [3.05, 3.63) is 70.0 Å². The van der Waals surface area contributed by atoms with E-state index in [-0.39, 0.29) is 12.3 Å². The number of hydrogen-bond donors (Lipinski definition) is 1. The Bertz CT molecular complexity index is 1130. The Morgan fingerprint density at radius 2 is 1.78 bits per heavy atom. The SMILES string of the molecule is Cc1ccc(-n2nc(C)c(CC(=O)Nc3ccccc3N3CCN(C)CC3)c2C)cc1Cl. The molecule has 2 aromatic carbocycles. The van der Waals surface area contributed by atoms with Crippen molar-refractivity contribution in [1.82, 2.24) is 14.7 Å². The molecule has 32 heavy (non-hydrogen) atoms. The minimum absolute atomic E-state index is 0.0423. The van der Waals surface area contributed by atoms with Gasteiger partial charge in [-0.1, -0.05) is 29.8 Å². The van der Waals surface area contributed by atoms with Gasteiger partial charge in [-0.2, -0.15) is 5.10 Å². The van der Waals surface area contributed by atoms with Crippen molar-refractivity contribution in [2.45, 2.75) is 27.2 Å². The molecule has 1 N–H and O–H groups in total. The summed E-state index contributed by atoms with van der Waals surface area (Å²) < 4.78 is 1.86. The van der Waals surface area contributed by atoms with E-state index in [0.29, 0.717) is 5.02 Å². The molecule has 3 aromatic rings. The normalized spacial score (nSPS) is 14.6. The number of anilines is 2. The quantitative estimate of drug-likeness (QED) is 0.625. The number of likely N-dealkylation sites (N-methyl/N-ethyl adjacent to an activating group) is 1. The zero-order valence-corrected chi connectivity index (χ0v) is 19.9. The van der Waals surface area contributed by atoms with Crippen LogP contribution in [-0.2, 0) is 11.2 Å². The van der Waals surface area contributed by atoms with E-state index in [2.05, 4.69) is 33.3 Å². The molecule has 0 unspecified atom stereocenters. The first-order chi connectivity index (χ1) is 15.3. The van der Waals surface area contributed by atoms with E-state index >= 15 is 0 Å². The molecule has 1 aliphatic rings. The Morgan fingerprint density at radius 3 is 2.50 bits per heavy atom. The fourth-order valence-electron chi connectivity index (χ4n) is 4.15. The van der Waals surface area contributed by atoms with E-state index < -0.39 is 0 Å². The Labute approximate surface area is 194 Å². The van der Waals surface area contributed by atoms with Gasteiger partial charge in [-0.05, 0) is 57.6 Å². The molecule has 0 aliphatic carbocycles. The molecule has 168 valence electrons. The van der Waals surface area contributed by atoms with Crippen molar-refractivity contribution in [3.63, 3.8) is 0 Å². The molecule has 0 bridgehead atoms. The van der Waals surface area contributed by atoms with Crippen LogP contribution in [0, 0.1) is 20.8 Å². The van der Waals surface area contributed by atoms with Crippen molar-refractivity contribution in [2.24, 2.45) is 0 Å². The molecule has 0 radical (unpaired) electrons. The molecular formula is C25H30ClN5O. The predicted molar refractivity (Wildman–Crippen MR) is 131 cm³/mol. The molecule has 7 heteroatoms. The molecule has 6 nitrogen and oxygen atoms in total. The smallest absolute Gasteiger partial charge is 0.228 e. The number of benzene rings is 2. The highest BCUT2D eigenvalue weighted by atomic mass is 35.5. The van der Waals surface area contributed by atoms with Gasteiger partial charge in [-0.15, -0.1) is 0 Å². The van der Waals surface area contributed by atoms with Crippen molar-refractivity contribution in [2.75, 3.05) is 43.4 Å². The van der Waals surface area contributed by atoms with Gasteiger partial charge >= 0.3 is 0 Å². The van der Waals surface area contributed by atoms with E-state index in [1.807, 2.05) is 61.9 Å². The summed E-state index contributed by atoms with van der Waals surface area (Å²) in [5.74, 6) is -0.0423. The first kappa shape index (κ1) is 22.4. The molecule has 1 fully saturated rings. The van der Waals surface area contributed by atoms with Crippen LogP contribution in [-0.4, -0.2) is 53.8 Å². The van der Waals surface area contributed by atoms with Crippen molar-refractivity contribution in [3.8, 4) is 5.69 Å². The summed E-state index contributed by atoms with van der Waals surface area (Å²) in [7, 11) is 2.14. The monoisotopic (exact) mass is 451 g/mol. The van der Waals surface area contributed by atoms with Gasteiger partial charge in [0, 0.05) is 42.5 Å². The highest BCUT2D eigenvalue weighted by Gasteiger charge is 2.20. The van der Waals surface area contributed by atoms with Gasteiger partial charge in [0.1, 0.15) is 0 Å². The Kier molecular flexibility index (Phi) is 6.53. The second-order valence-electron chi connectivity index (χ2n) is 8.53. The lowest BCUT2D eigenvalue weighted by Gasteiger charge is -2.35.